The minimum absolute atomic E-state index is 0.0359. The van der Waals surface area contributed by atoms with E-state index in [0.717, 1.165) is 27.6 Å². The summed E-state index contributed by atoms with van der Waals surface area (Å²) in [5.74, 6) is 0.0359. The summed E-state index contributed by atoms with van der Waals surface area (Å²) in [7, 11) is 0. The molecule has 4 heteroatoms. The van der Waals surface area contributed by atoms with Gasteiger partial charge in [-0.05, 0) is 42.5 Å². The van der Waals surface area contributed by atoms with Crippen molar-refractivity contribution in [3.63, 3.8) is 0 Å². The van der Waals surface area contributed by atoms with Crippen molar-refractivity contribution in [2.45, 2.75) is 40.3 Å². The fourth-order valence-electron chi connectivity index (χ4n) is 3.31. The van der Waals surface area contributed by atoms with Crippen molar-refractivity contribution in [1.29, 1.82) is 0 Å². The van der Waals surface area contributed by atoms with Crippen LogP contribution in [0.3, 0.4) is 0 Å². The number of aromatic amines is 1. The van der Waals surface area contributed by atoms with Gasteiger partial charge in [-0.1, -0.05) is 48.9 Å². The second-order valence-corrected chi connectivity index (χ2v) is 6.76. The number of aromatic nitrogens is 1. The molecule has 4 nitrogen and oxygen atoms in total. The summed E-state index contributed by atoms with van der Waals surface area (Å²) in [6.45, 7) is 6.68. The predicted octanol–water partition coefficient (Wildman–Crippen LogP) is 4.08. The van der Waals surface area contributed by atoms with E-state index < -0.39 is 0 Å². The lowest BCUT2D eigenvalue weighted by Gasteiger charge is -2.22. The van der Waals surface area contributed by atoms with Crippen molar-refractivity contribution in [2.24, 2.45) is 0 Å². The van der Waals surface area contributed by atoms with Gasteiger partial charge in [-0.2, -0.15) is 0 Å². The number of fused-ring (bicyclic) bond motifs is 1. The maximum absolute atomic E-state index is 12.6. The van der Waals surface area contributed by atoms with Gasteiger partial charge < -0.3 is 9.88 Å². The maximum atomic E-state index is 12.6. The first-order valence-corrected chi connectivity index (χ1v) is 8.92. The van der Waals surface area contributed by atoms with Gasteiger partial charge >= 0.3 is 0 Å². The van der Waals surface area contributed by atoms with Gasteiger partial charge in [0.25, 0.3) is 5.56 Å². The number of hydrogen-bond acceptors (Lipinski definition) is 2. The lowest BCUT2D eigenvalue weighted by molar-refractivity contribution is -0.132. The molecule has 26 heavy (non-hydrogen) atoms. The Labute approximate surface area is 153 Å². The van der Waals surface area contributed by atoms with Gasteiger partial charge in [-0.25, -0.2) is 0 Å². The molecule has 0 saturated carbocycles. The van der Waals surface area contributed by atoms with Crippen molar-refractivity contribution < 1.29 is 4.79 Å². The van der Waals surface area contributed by atoms with Gasteiger partial charge in [0.2, 0.25) is 5.91 Å². The van der Waals surface area contributed by atoms with Crippen molar-refractivity contribution in [1.82, 2.24) is 9.88 Å². The first-order valence-electron chi connectivity index (χ1n) is 8.92. The van der Waals surface area contributed by atoms with Gasteiger partial charge in [0.15, 0.2) is 0 Å². The van der Waals surface area contributed by atoms with Crippen molar-refractivity contribution >= 4 is 16.8 Å². The highest BCUT2D eigenvalue weighted by atomic mass is 16.2. The van der Waals surface area contributed by atoms with Crippen LogP contribution in [0.2, 0.25) is 0 Å². The molecule has 3 aromatic rings. The molecule has 0 bridgehead atoms. The zero-order valence-corrected chi connectivity index (χ0v) is 15.5. The first-order chi connectivity index (χ1) is 12.5. The van der Waals surface area contributed by atoms with E-state index in [2.05, 4.69) is 17.1 Å². The number of benzene rings is 2. The average Bonchev–Trinajstić information content (AvgIpc) is 2.62. The molecular formula is C22H24N2O2. The Balaban J connectivity index is 1.96. The molecule has 0 unspecified atom stereocenters. The SMILES string of the molecule is CCC(=O)N(Cc1ccccc1)Cc1cc2cc(C)cc(C)c2[nH]c1=O. The Bertz CT molecular complexity index is 990. The number of amides is 1. The number of carbonyl (C=O) groups excluding carboxylic acids is 1. The van der Waals surface area contributed by atoms with Crippen molar-refractivity contribution in [2.75, 3.05) is 0 Å². The van der Waals surface area contributed by atoms with E-state index in [0.29, 0.717) is 25.1 Å². The molecule has 0 fully saturated rings. The highest BCUT2D eigenvalue weighted by Crippen LogP contribution is 2.19. The Morgan fingerprint density at radius 3 is 2.46 bits per heavy atom. The molecule has 1 N–H and O–H groups in total. The van der Waals surface area contributed by atoms with Crippen LogP contribution in [0.25, 0.3) is 10.9 Å². The lowest BCUT2D eigenvalue weighted by atomic mass is 10.0. The molecule has 1 aromatic heterocycles. The maximum Gasteiger partial charge on any atom is 0.253 e. The molecule has 134 valence electrons. The summed E-state index contributed by atoms with van der Waals surface area (Å²) in [5.41, 5.74) is 4.60. The van der Waals surface area contributed by atoms with Crippen LogP contribution in [0.15, 0.2) is 53.3 Å². The van der Waals surface area contributed by atoms with Gasteiger partial charge in [-0.3, -0.25) is 9.59 Å². The Morgan fingerprint density at radius 2 is 1.77 bits per heavy atom. The lowest BCUT2D eigenvalue weighted by Crippen LogP contribution is -2.31. The molecule has 0 saturated heterocycles. The van der Waals surface area contributed by atoms with E-state index in [4.69, 9.17) is 0 Å². The Hall–Kier alpha value is -2.88. The zero-order valence-electron chi connectivity index (χ0n) is 15.5. The number of aryl methyl sites for hydroxylation is 2. The van der Waals surface area contributed by atoms with Crippen molar-refractivity contribution in [3.05, 3.63) is 81.1 Å². The number of nitrogens with one attached hydrogen (secondary N) is 1. The normalized spacial score (nSPS) is 10.9. The van der Waals surface area contributed by atoms with Crippen LogP contribution in [-0.2, 0) is 17.9 Å². The van der Waals surface area contributed by atoms with Crippen LogP contribution in [0.1, 0.15) is 35.6 Å². The monoisotopic (exact) mass is 348 g/mol. The molecule has 0 atom stereocenters. The fraction of sp³-hybridized carbons (Fsp3) is 0.273. The van der Waals surface area contributed by atoms with E-state index in [1.165, 1.54) is 0 Å². The van der Waals surface area contributed by atoms with E-state index in [1.807, 2.05) is 57.2 Å². The molecule has 0 radical (unpaired) electrons. The van der Waals surface area contributed by atoms with Gasteiger partial charge in [0.1, 0.15) is 0 Å². The second kappa shape index (κ2) is 7.56. The summed E-state index contributed by atoms with van der Waals surface area (Å²) in [6, 6.07) is 15.9. The molecule has 1 heterocycles. The van der Waals surface area contributed by atoms with E-state index in [-0.39, 0.29) is 11.5 Å². The minimum atomic E-state index is -0.133. The number of hydrogen-bond donors (Lipinski definition) is 1. The van der Waals surface area contributed by atoms with Gasteiger partial charge in [0.05, 0.1) is 12.1 Å². The molecule has 1 amide bonds. The highest BCUT2D eigenvalue weighted by molar-refractivity contribution is 5.83. The summed E-state index contributed by atoms with van der Waals surface area (Å²) >= 11 is 0. The summed E-state index contributed by atoms with van der Waals surface area (Å²) in [5, 5.41) is 1.00. The molecule has 2 aromatic carbocycles. The van der Waals surface area contributed by atoms with Crippen LogP contribution < -0.4 is 5.56 Å². The molecule has 0 spiro atoms. The van der Waals surface area contributed by atoms with Crippen LogP contribution in [-0.4, -0.2) is 15.8 Å². The zero-order chi connectivity index (χ0) is 18.7. The third-order valence-electron chi connectivity index (χ3n) is 4.60. The third kappa shape index (κ3) is 3.85. The minimum Gasteiger partial charge on any atom is -0.334 e. The largest absolute Gasteiger partial charge is 0.334 e. The molecule has 3 rings (SSSR count). The van der Waals surface area contributed by atoms with E-state index in [9.17, 15) is 9.59 Å². The molecule has 0 aliphatic carbocycles. The second-order valence-electron chi connectivity index (χ2n) is 6.76. The van der Waals surface area contributed by atoms with E-state index >= 15 is 0 Å². The Morgan fingerprint density at radius 1 is 1.04 bits per heavy atom. The van der Waals surface area contributed by atoms with Crippen molar-refractivity contribution in [3.8, 4) is 0 Å². The van der Waals surface area contributed by atoms with Crippen LogP contribution in [0.4, 0.5) is 0 Å². The van der Waals surface area contributed by atoms with Crippen LogP contribution in [0, 0.1) is 13.8 Å². The van der Waals surface area contributed by atoms with Gasteiger partial charge in [0, 0.05) is 18.5 Å². The van der Waals surface area contributed by atoms with Gasteiger partial charge in [-0.15, -0.1) is 0 Å². The standard InChI is InChI=1S/C22H24N2O2/c1-4-20(25)24(13-17-8-6-5-7-9-17)14-19-12-18-11-15(2)10-16(3)21(18)23-22(19)26/h5-12H,4,13-14H2,1-3H3,(H,23,26). The fourth-order valence-corrected chi connectivity index (χ4v) is 3.31. The van der Waals surface area contributed by atoms with Crippen LogP contribution >= 0.6 is 0 Å². The number of pyridine rings is 1. The number of rotatable bonds is 5. The topological polar surface area (TPSA) is 53.2 Å². The number of carbonyl (C=O) groups is 1. The smallest absolute Gasteiger partial charge is 0.253 e. The van der Waals surface area contributed by atoms with E-state index in [1.54, 1.807) is 4.90 Å². The molecule has 0 aliphatic rings. The highest BCUT2D eigenvalue weighted by Gasteiger charge is 2.15. The third-order valence-corrected chi connectivity index (χ3v) is 4.60. The molecular weight excluding hydrogens is 324 g/mol. The summed E-state index contributed by atoms with van der Waals surface area (Å²) in [4.78, 5) is 29.7. The molecule has 0 aliphatic heterocycles. The Kier molecular flexibility index (Phi) is 5.21. The first kappa shape index (κ1) is 17.9. The number of nitrogens with zero attached hydrogens (tertiary/aromatic N) is 1. The summed E-state index contributed by atoms with van der Waals surface area (Å²) < 4.78 is 0. The number of H-pyrrole nitrogens is 1. The quantitative estimate of drug-likeness (QED) is 0.755. The average molecular weight is 348 g/mol. The predicted molar refractivity (Wildman–Crippen MR) is 105 cm³/mol. The summed E-state index contributed by atoms with van der Waals surface area (Å²) in [6.07, 6.45) is 0.413. The van der Waals surface area contributed by atoms with Crippen LogP contribution in [0.5, 0.6) is 0 Å².